The monoisotopic (exact) mass is 262 g/mol. The zero-order chi connectivity index (χ0) is 13.8. The third kappa shape index (κ3) is 3.46. The minimum Gasteiger partial charge on any atom is -0.478 e. The molecule has 0 bridgehead atoms. The first-order valence-corrected chi connectivity index (χ1v) is 6.99. The van der Waals surface area contributed by atoms with Gasteiger partial charge < -0.3 is 9.64 Å². The molecule has 1 aliphatic rings. The molecular formula is C15H22N2O2. The maximum atomic E-state index is 12.1. The fourth-order valence-electron chi connectivity index (χ4n) is 2.32. The lowest BCUT2D eigenvalue weighted by atomic mass is 10.0. The predicted molar refractivity (Wildman–Crippen MR) is 74.0 cm³/mol. The van der Waals surface area contributed by atoms with E-state index in [1.807, 2.05) is 24.0 Å². The normalized spacial score (nSPS) is 14.4. The largest absolute Gasteiger partial charge is 0.478 e. The van der Waals surface area contributed by atoms with Crippen LogP contribution in [0.3, 0.4) is 0 Å². The zero-order valence-corrected chi connectivity index (χ0v) is 12.0. The van der Waals surface area contributed by atoms with Crippen LogP contribution in [0.5, 0.6) is 5.88 Å². The molecule has 4 nitrogen and oxygen atoms in total. The SMILES string of the molecule is CCOc1ccc2c(n1)CCN(C(=O)CC(C)C)C2. The van der Waals surface area contributed by atoms with Crippen molar-refractivity contribution in [3.8, 4) is 5.88 Å². The molecule has 0 aromatic carbocycles. The Bertz CT molecular complexity index is 457. The summed E-state index contributed by atoms with van der Waals surface area (Å²) in [6, 6.07) is 3.92. The summed E-state index contributed by atoms with van der Waals surface area (Å²) >= 11 is 0. The molecule has 0 fully saturated rings. The number of ether oxygens (including phenoxy) is 1. The van der Waals surface area contributed by atoms with E-state index in [1.165, 1.54) is 0 Å². The van der Waals surface area contributed by atoms with Crippen LogP contribution in [0.4, 0.5) is 0 Å². The van der Waals surface area contributed by atoms with Crippen molar-refractivity contribution < 1.29 is 9.53 Å². The second-order valence-corrected chi connectivity index (χ2v) is 5.35. The zero-order valence-electron chi connectivity index (χ0n) is 12.0. The van der Waals surface area contributed by atoms with Crippen LogP contribution in [0.2, 0.25) is 0 Å². The number of carbonyl (C=O) groups is 1. The van der Waals surface area contributed by atoms with E-state index >= 15 is 0 Å². The number of rotatable bonds is 4. The molecule has 0 saturated heterocycles. The first-order valence-electron chi connectivity index (χ1n) is 6.99. The molecule has 0 unspecified atom stereocenters. The van der Waals surface area contributed by atoms with Crippen molar-refractivity contribution >= 4 is 5.91 Å². The van der Waals surface area contributed by atoms with Gasteiger partial charge >= 0.3 is 0 Å². The van der Waals surface area contributed by atoms with Gasteiger partial charge in [-0.05, 0) is 18.4 Å². The molecule has 1 aliphatic heterocycles. The molecule has 1 aromatic heterocycles. The number of amides is 1. The summed E-state index contributed by atoms with van der Waals surface area (Å²) < 4.78 is 5.41. The molecule has 2 rings (SSSR count). The van der Waals surface area contributed by atoms with Crippen molar-refractivity contribution in [3.63, 3.8) is 0 Å². The average Bonchev–Trinajstić information content (AvgIpc) is 2.37. The molecule has 0 saturated carbocycles. The molecule has 0 atom stereocenters. The van der Waals surface area contributed by atoms with Crippen LogP contribution in [0.15, 0.2) is 12.1 Å². The fraction of sp³-hybridized carbons (Fsp3) is 0.600. The molecule has 1 aromatic rings. The number of hydrogen-bond donors (Lipinski definition) is 0. The van der Waals surface area contributed by atoms with Gasteiger partial charge in [-0.25, -0.2) is 4.98 Å². The Morgan fingerprint density at radius 3 is 2.95 bits per heavy atom. The molecule has 0 spiro atoms. The van der Waals surface area contributed by atoms with Gasteiger partial charge in [0.25, 0.3) is 0 Å². The molecule has 1 amide bonds. The van der Waals surface area contributed by atoms with Gasteiger partial charge in [0.05, 0.1) is 12.3 Å². The van der Waals surface area contributed by atoms with Crippen LogP contribution in [0.25, 0.3) is 0 Å². The van der Waals surface area contributed by atoms with Crippen molar-refractivity contribution in [2.45, 2.75) is 40.2 Å². The van der Waals surface area contributed by atoms with Gasteiger partial charge in [-0.2, -0.15) is 0 Å². The summed E-state index contributed by atoms with van der Waals surface area (Å²) in [4.78, 5) is 18.5. The number of carbonyl (C=O) groups excluding carboxylic acids is 1. The number of aromatic nitrogens is 1. The average molecular weight is 262 g/mol. The van der Waals surface area contributed by atoms with Gasteiger partial charge in [0.1, 0.15) is 0 Å². The highest BCUT2D eigenvalue weighted by molar-refractivity contribution is 5.76. The summed E-state index contributed by atoms with van der Waals surface area (Å²) in [5, 5.41) is 0. The lowest BCUT2D eigenvalue weighted by molar-refractivity contribution is -0.132. The summed E-state index contributed by atoms with van der Waals surface area (Å²) in [6.45, 7) is 8.18. The Balaban J connectivity index is 2.06. The minimum absolute atomic E-state index is 0.245. The number of pyridine rings is 1. The second-order valence-electron chi connectivity index (χ2n) is 5.35. The summed E-state index contributed by atoms with van der Waals surface area (Å²) in [6.07, 6.45) is 1.44. The number of nitrogens with zero attached hydrogens (tertiary/aromatic N) is 2. The lowest BCUT2D eigenvalue weighted by Crippen LogP contribution is -2.36. The highest BCUT2D eigenvalue weighted by atomic mass is 16.5. The van der Waals surface area contributed by atoms with E-state index in [9.17, 15) is 4.79 Å². The molecule has 0 aliphatic carbocycles. The second kappa shape index (κ2) is 6.04. The van der Waals surface area contributed by atoms with Crippen molar-refractivity contribution in [1.82, 2.24) is 9.88 Å². The van der Waals surface area contributed by atoms with E-state index in [0.29, 0.717) is 31.4 Å². The summed E-state index contributed by atoms with van der Waals surface area (Å²) in [5.74, 6) is 1.34. The molecule has 19 heavy (non-hydrogen) atoms. The third-order valence-corrected chi connectivity index (χ3v) is 3.25. The predicted octanol–water partition coefficient (Wildman–Crippen LogP) is 2.41. The summed E-state index contributed by atoms with van der Waals surface area (Å²) in [5.41, 5.74) is 2.21. The van der Waals surface area contributed by atoms with Gasteiger partial charge in [-0.15, -0.1) is 0 Å². The maximum Gasteiger partial charge on any atom is 0.223 e. The van der Waals surface area contributed by atoms with Gasteiger partial charge in [0.2, 0.25) is 11.8 Å². The van der Waals surface area contributed by atoms with Crippen LogP contribution in [0, 0.1) is 5.92 Å². The molecule has 104 valence electrons. The van der Waals surface area contributed by atoms with Crippen LogP contribution in [-0.2, 0) is 17.8 Å². The Morgan fingerprint density at radius 1 is 1.47 bits per heavy atom. The Morgan fingerprint density at radius 2 is 2.26 bits per heavy atom. The number of fused-ring (bicyclic) bond motifs is 1. The van der Waals surface area contributed by atoms with Crippen LogP contribution in [-0.4, -0.2) is 28.9 Å². The van der Waals surface area contributed by atoms with E-state index in [2.05, 4.69) is 18.8 Å². The van der Waals surface area contributed by atoms with Crippen LogP contribution < -0.4 is 4.74 Å². The van der Waals surface area contributed by atoms with Crippen molar-refractivity contribution in [3.05, 3.63) is 23.4 Å². The van der Waals surface area contributed by atoms with Crippen LogP contribution >= 0.6 is 0 Å². The minimum atomic E-state index is 0.245. The van der Waals surface area contributed by atoms with E-state index < -0.39 is 0 Å². The molecule has 0 N–H and O–H groups in total. The van der Waals surface area contributed by atoms with Crippen LogP contribution in [0.1, 0.15) is 38.4 Å². The van der Waals surface area contributed by atoms with Gasteiger partial charge in [0.15, 0.2) is 0 Å². The smallest absolute Gasteiger partial charge is 0.223 e. The van der Waals surface area contributed by atoms with E-state index in [1.54, 1.807) is 0 Å². The Kier molecular flexibility index (Phi) is 4.40. The molecule has 0 radical (unpaired) electrons. The van der Waals surface area contributed by atoms with E-state index in [4.69, 9.17) is 4.74 Å². The molecular weight excluding hydrogens is 240 g/mol. The van der Waals surface area contributed by atoms with E-state index in [0.717, 1.165) is 24.2 Å². The van der Waals surface area contributed by atoms with E-state index in [-0.39, 0.29) is 5.91 Å². The lowest BCUT2D eigenvalue weighted by Gasteiger charge is -2.29. The molecule has 2 heterocycles. The quantitative estimate of drug-likeness (QED) is 0.837. The van der Waals surface area contributed by atoms with Gasteiger partial charge in [-0.3, -0.25) is 4.79 Å². The Hall–Kier alpha value is -1.58. The highest BCUT2D eigenvalue weighted by Crippen LogP contribution is 2.21. The van der Waals surface area contributed by atoms with Gasteiger partial charge in [-0.1, -0.05) is 19.9 Å². The molecule has 4 heteroatoms. The first-order chi connectivity index (χ1) is 9.10. The topological polar surface area (TPSA) is 42.4 Å². The Labute approximate surface area is 114 Å². The maximum absolute atomic E-state index is 12.1. The van der Waals surface area contributed by atoms with Crippen molar-refractivity contribution in [1.29, 1.82) is 0 Å². The van der Waals surface area contributed by atoms with Gasteiger partial charge in [0, 0.05) is 32.0 Å². The fourth-order valence-corrected chi connectivity index (χ4v) is 2.32. The highest BCUT2D eigenvalue weighted by Gasteiger charge is 2.22. The van der Waals surface area contributed by atoms with Crippen molar-refractivity contribution in [2.24, 2.45) is 5.92 Å². The van der Waals surface area contributed by atoms with Crippen molar-refractivity contribution in [2.75, 3.05) is 13.2 Å². The number of hydrogen-bond acceptors (Lipinski definition) is 3. The standard InChI is InChI=1S/C15H22N2O2/c1-4-19-14-6-5-12-10-17(8-7-13(12)16-14)15(18)9-11(2)3/h5-6,11H,4,7-10H2,1-3H3. The third-order valence-electron chi connectivity index (χ3n) is 3.25. The summed E-state index contributed by atoms with van der Waals surface area (Å²) in [7, 11) is 0. The first kappa shape index (κ1) is 13.8.